The summed E-state index contributed by atoms with van der Waals surface area (Å²) in [4.78, 5) is 27.5. The van der Waals surface area contributed by atoms with Crippen molar-refractivity contribution in [2.75, 3.05) is 14.2 Å². The van der Waals surface area contributed by atoms with E-state index in [1.54, 1.807) is 30.9 Å². The van der Waals surface area contributed by atoms with E-state index in [2.05, 4.69) is 0 Å². The van der Waals surface area contributed by atoms with Crippen molar-refractivity contribution in [2.24, 2.45) is 7.05 Å². The third-order valence-corrected chi connectivity index (χ3v) is 5.99. The van der Waals surface area contributed by atoms with Crippen molar-refractivity contribution in [2.45, 2.75) is 6.54 Å². The highest BCUT2D eigenvalue weighted by Crippen LogP contribution is 2.29. The summed E-state index contributed by atoms with van der Waals surface area (Å²) in [5.74, 6) is 1.39. The van der Waals surface area contributed by atoms with E-state index in [0.717, 1.165) is 22.2 Å². The molecule has 7 heteroatoms. The molecule has 166 valence electrons. The Morgan fingerprint density at radius 2 is 1.45 bits per heavy atom. The fraction of sp³-hybridized carbons (Fsp3) is 0.154. The number of nitrogens with zero attached hydrogens (tertiary/aromatic N) is 3. The smallest absolute Gasteiger partial charge is 0.336 e. The fourth-order valence-electron chi connectivity index (χ4n) is 4.32. The van der Waals surface area contributed by atoms with Crippen LogP contribution in [0.4, 0.5) is 0 Å². The molecule has 0 N–H and O–H groups in total. The lowest BCUT2D eigenvalue weighted by molar-refractivity contribution is 0.414. The van der Waals surface area contributed by atoms with Crippen LogP contribution in [-0.4, -0.2) is 27.9 Å². The Labute approximate surface area is 189 Å². The summed E-state index contributed by atoms with van der Waals surface area (Å²) in [6.07, 6.45) is 0. The summed E-state index contributed by atoms with van der Waals surface area (Å²) in [5, 5.41) is 0.787. The van der Waals surface area contributed by atoms with Crippen LogP contribution in [-0.2, 0) is 13.6 Å². The van der Waals surface area contributed by atoms with Crippen molar-refractivity contribution in [1.82, 2.24) is 13.7 Å². The van der Waals surface area contributed by atoms with E-state index in [1.165, 1.54) is 4.57 Å². The first-order valence-electron chi connectivity index (χ1n) is 10.5. The molecule has 0 bridgehead atoms. The summed E-state index contributed by atoms with van der Waals surface area (Å²) >= 11 is 0. The molecular weight excluding hydrogens is 418 g/mol. The molecule has 0 amide bonds. The predicted molar refractivity (Wildman–Crippen MR) is 129 cm³/mol. The maximum atomic E-state index is 13.8. The number of hydrogen-bond acceptors (Lipinski definition) is 4. The monoisotopic (exact) mass is 441 g/mol. The lowest BCUT2D eigenvalue weighted by Gasteiger charge is -2.14. The minimum atomic E-state index is -0.398. The molecule has 0 saturated heterocycles. The van der Waals surface area contributed by atoms with Gasteiger partial charge < -0.3 is 14.0 Å². The second-order valence-corrected chi connectivity index (χ2v) is 7.83. The number of fused-ring (bicyclic) bond motifs is 3. The maximum absolute atomic E-state index is 13.8. The molecular formula is C26H23N3O4. The lowest BCUT2D eigenvalue weighted by Crippen LogP contribution is -2.39. The Morgan fingerprint density at radius 3 is 2.12 bits per heavy atom. The average Bonchev–Trinajstić information content (AvgIpc) is 3.14. The largest absolute Gasteiger partial charge is 0.497 e. The van der Waals surface area contributed by atoms with Crippen LogP contribution in [0, 0.1) is 0 Å². The molecule has 0 spiro atoms. The summed E-state index contributed by atoms with van der Waals surface area (Å²) in [5.41, 5.74) is 2.57. The molecule has 0 aliphatic heterocycles. The van der Waals surface area contributed by atoms with Gasteiger partial charge in [0, 0.05) is 12.4 Å². The van der Waals surface area contributed by atoms with E-state index in [1.807, 2.05) is 72.3 Å². The molecule has 2 aromatic heterocycles. The van der Waals surface area contributed by atoms with Gasteiger partial charge in [-0.25, -0.2) is 9.36 Å². The second kappa shape index (κ2) is 8.02. The van der Waals surface area contributed by atoms with Crippen LogP contribution < -0.4 is 20.7 Å². The number of hydrogen-bond donors (Lipinski definition) is 0. The van der Waals surface area contributed by atoms with Crippen molar-refractivity contribution >= 4 is 21.9 Å². The number of aryl methyl sites for hydroxylation is 1. The summed E-state index contributed by atoms with van der Waals surface area (Å²) in [7, 11) is 5.05. The standard InChI is InChI=1S/C26H23N3O4/c1-27-22-14-13-20(33-3)15-21(22)23-24(27)25(30)29(18-7-5-4-6-8-18)26(31)28(23)16-17-9-11-19(32-2)12-10-17/h4-15H,16H2,1-3H3. The van der Waals surface area contributed by atoms with Gasteiger partial charge in [-0.15, -0.1) is 0 Å². The van der Waals surface area contributed by atoms with Gasteiger partial charge in [0.1, 0.15) is 17.0 Å². The number of ether oxygens (including phenoxy) is 2. The lowest BCUT2D eigenvalue weighted by atomic mass is 10.2. The first-order valence-corrected chi connectivity index (χ1v) is 10.5. The van der Waals surface area contributed by atoms with Gasteiger partial charge in [-0.1, -0.05) is 30.3 Å². The zero-order valence-corrected chi connectivity index (χ0v) is 18.6. The Bertz CT molecular complexity index is 1590. The van der Waals surface area contributed by atoms with Crippen LogP contribution in [0.5, 0.6) is 11.5 Å². The molecule has 2 heterocycles. The van der Waals surface area contributed by atoms with Gasteiger partial charge in [0.2, 0.25) is 0 Å². The third kappa shape index (κ3) is 3.29. The molecule has 0 atom stereocenters. The minimum Gasteiger partial charge on any atom is -0.497 e. The van der Waals surface area contributed by atoms with Gasteiger partial charge in [-0.3, -0.25) is 9.36 Å². The quantitative estimate of drug-likeness (QED) is 0.417. The van der Waals surface area contributed by atoms with Crippen LogP contribution in [0.15, 0.2) is 82.4 Å². The predicted octanol–water partition coefficient (Wildman–Crippen LogP) is 3.71. The van der Waals surface area contributed by atoms with E-state index >= 15 is 0 Å². The Balaban J connectivity index is 1.90. The Hall–Kier alpha value is -4.26. The normalized spacial score (nSPS) is 11.2. The van der Waals surface area contributed by atoms with Gasteiger partial charge in [0.05, 0.1) is 37.5 Å². The molecule has 3 aromatic carbocycles. The molecule has 0 unspecified atom stereocenters. The molecule has 7 nitrogen and oxygen atoms in total. The SMILES string of the molecule is COc1ccc(Cn2c(=O)n(-c3ccccc3)c(=O)c3c2c2cc(OC)ccc2n3C)cc1. The third-order valence-electron chi connectivity index (χ3n) is 5.99. The van der Waals surface area contributed by atoms with Crippen molar-refractivity contribution in [3.8, 4) is 17.2 Å². The second-order valence-electron chi connectivity index (χ2n) is 7.83. The van der Waals surface area contributed by atoms with Gasteiger partial charge in [-0.2, -0.15) is 0 Å². The number of benzene rings is 3. The fourth-order valence-corrected chi connectivity index (χ4v) is 4.32. The van der Waals surface area contributed by atoms with Gasteiger partial charge >= 0.3 is 5.69 Å². The number of para-hydroxylation sites is 1. The van der Waals surface area contributed by atoms with Crippen LogP contribution in [0.3, 0.4) is 0 Å². The molecule has 0 aliphatic carbocycles. The molecule has 0 aliphatic rings. The zero-order chi connectivity index (χ0) is 23.1. The van der Waals surface area contributed by atoms with Crippen molar-refractivity contribution in [3.63, 3.8) is 0 Å². The molecule has 0 radical (unpaired) electrons. The van der Waals surface area contributed by atoms with Gasteiger partial charge in [-0.05, 0) is 48.0 Å². The van der Waals surface area contributed by atoms with Crippen molar-refractivity contribution in [3.05, 3.63) is 99.2 Å². The van der Waals surface area contributed by atoms with E-state index < -0.39 is 5.69 Å². The van der Waals surface area contributed by atoms with Crippen molar-refractivity contribution < 1.29 is 9.47 Å². The highest BCUT2D eigenvalue weighted by Gasteiger charge is 2.21. The summed E-state index contributed by atoms with van der Waals surface area (Å²) in [6.45, 7) is 0.294. The Kier molecular flexibility index (Phi) is 5.01. The minimum absolute atomic E-state index is 0.294. The van der Waals surface area contributed by atoms with Crippen LogP contribution >= 0.6 is 0 Å². The molecule has 0 fully saturated rings. The molecule has 33 heavy (non-hydrogen) atoms. The van der Waals surface area contributed by atoms with Crippen LogP contribution in [0.2, 0.25) is 0 Å². The highest BCUT2D eigenvalue weighted by molar-refractivity contribution is 6.06. The van der Waals surface area contributed by atoms with Gasteiger partial charge in [0.15, 0.2) is 0 Å². The summed E-state index contributed by atoms with van der Waals surface area (Å²) < 4.78 is 15.4. The summed E-state index contributed by atoms with van der Waals surface area (Å²) in [6, 6.07) is 22.2. The first kappa shape index (κ1) is 20.6. The maximum Gasteiger partial charge on any atom is 0.336 e. The number of aromatic nitrogens is 3. The van der Waals surface area contributed by atoms with E-state index in [4.69, 9.17) is 9.47 Å². The van der Waals surface area contributed by atoms with E-state index in [9.17, 15) is 9.59 Å². The zero-order valence-electron chi connectivity index (χ0n) is 18.6. The highest BCUT2D eigenvalue weighted by atomic mass is 16.5. The molecule has 5 rings (SSSR count). The number of rotatable bonds is 5. The Morgan fingerprint density at radius 1 is 0.788 bits per heavy atom. The van der Waals surface area contributed by atoms with Gasteiger partial charge in [0.25, 0.3) is 5.56 Å². The van der Waals surface area contributed by atoms with E-state index in [0.29, 0.717) is 29.0 Å². The molecule has 5 aromatic rings. The van der Waals surface area contributed by atoms with Crippen molar-refractivity contribution in [1.29, 1.82) is 0 Å². The van der Waals surface area contributed by atoms with Crippen LogP contribution in [0.1, 0.15) is 5.56 Å². The van der Waals surface area contributed by atoms with E-state index in [-0.39, 0.29) is 5.56 Å². The molecule has 0 saturated carbocycles. The average molecular weight is 441 g/mol. The topological polar surface area (TPSA) is 67.4 Å². The first-order chi connectivity index (χ1) is 16.0. The van der Waals surface area contributed by atoms with Crippen LogP contribution in [0.25, 0.3) is 27.6 Å². The number of methoxy groups -OCH3 is 2.